The number of rotatable bonds is 8. The summed E-state index contributed by atoms with van der Waals surface area (Å²) in [6.07, 6.45) is 1.78. The first-order valence-corrected chi connectivity index (χ1v) is 13.4. The van der Waals surface area contributed by atoms with Crippen LogP contribution in [-0.4, -0.2) is 40.7 Å². The van der Waals surface area contributed by atoms with Crippen LogP contribution in [0.3, 0.4) is 0 Å². The van der Waals surface area contributed by atoms with E-state index in [9.17, 15) is 14.9 Å². The minimum Gasteiger partial charge on any atom is -0.493 e. The lowest BCUT2D eigenvalue weighted by molar-refractivity contribution is -0.122. The van der Waals surface area contributed by atoms with Crippen molar-refractivity contribution in [3.8, 4) is 17.6 Å². The van der Waals surface area contributed by atoms with Crippen LogP contribution in [0.1, 0.15) is 34.0 Å². The second-order valence-electron chi connectivity index (χ2n) is 8.00. The molecular formula is C28H22IN3O5S. The van der Waals surface area contributed by atoms with Gasteiger partial charge in [-0.2, -0.15) is 5.26 Å². The number of nitriles is 1. The van der Waals surface area contributed by atoms with Gasteiger partial charge in [-0.1, -0.05) is 18.2 Å². The molecule has 1 N–H and O–H groups in total. The second-order valence-corrected chi connectivity index (χ2v) is 10.2. The highest BCUT2D eigenvalue weighted by atomic mass is 127. The molecule has 0 atom stereocenters. The van der Waals surface area contributed by atoms with Gasteiger partial charge in [-0.3, -0.25) is 9.69 Å². The first-order valence-electron chi connectivity index (χ1n) is 11.5. The quantitative estimate of drug-likeness (QED) is 0.235. The summed E-state index contributed by atoms with van der Waals surface area (Å²) in [6, 6.07) is 19.3. The fourth-order valence-corrected chi connectivity index (χ4v) is 5.52. The maximum absolute atomic E-state index is 13.1. The maximum atomic E-state index is 13.1. The lowest BCUT2D eigenvalue weighted by Crippen LogP contribution is -2.28. The Labute approximate surface area is 237 Å². The van der Waals surface area contributed by atoms with Gasteiger partial charge in [0.15, 0.2) is 16.7 Å². The lowest BCUT2D eigenvalue weighted by atomic mass is 10.1. The molecule has 1 saturated heterocycles. The molecule has 1 aliphatic heterocycles. The van der Waals surface area contributed by atoms with Crippen LogP contribution in [0.25, 0.3) is 6.08 Å². The van der Waals surface area contributed by atoms with E-state index in [0.29, 0.717) is 39.4 Å². The van der Waals surface area contributed by atoms with E-state index < -0.39 is 5.97 Å². The van der Waals surface area contributed by atoms with Crippen molar-refractivity contribution in [3.05, 3.63) is 91.4 Å². The zero-order chi connectivity index (χ0) is 27.2. The van der Waals surface area contributed by atoms with Gasteiger partial charge in [-0.25, -0.2) is 9.79 Å². The number of hydrogen-bond acceptors (Lipinski definition) is 7. The Balaban J connectivity index is 1.59. The SMILES string of the molecule is CCN1C(=O)/C(=C/c2cc(I)c(OCc3ccccc3C#N)c(OC)c2)SC1=Nc1ccc(C(=O)O)cc1. The van der Waals surface area contributed by atoms with Gasteiger partial charge < -0.3 is 14.6 Å². The number of amidine groups is 1. The average Bonchev–Trinajstić information content (AvgIpc) is 3.21. The van der Waals surface area contributed by atoms with Gasteiger partial charge in [0.1, 0.15) is 6.61 Å². The molecule has 8 nitrogen and oxygen atoms in total. The van der Waals surface area contributed by atoms with Crippen LogP contribution in [0.2, 0.25) is 0 Å². The Hall–Kier alpha value is -3.82. The number of benzene rings is 3. The highest BCUT2D eigenvalue weighted by Crippen LogP contribution is 2.38. The number of aliphatic imine (C=N–C) groups is 1. The van der Waals surface area contributed by atoms with E-state index in [-0.39, 0.29) is 18.1 Å². The second kappa shape index (κ2) is 12.1. The fourth-order valence-electron chi connectivity index (χ4n) is 3.68. The van der Waals surface area contributed by atoms with E-state index >= 15 is 0 Å². The average molecular weight is 639 g/mol. The summed E-state index contributed by atoms with van der Waals surface area (Å²) in [5.41, 5.74) is 2.81. The molecule has 10 heteroatoms. The van der Waals surface area contributed by atoms with Crippen LogP contribution in [0.5, 0.6) is 11.5 Å². The van der Waals surface area contributed by atoms with Crippen molar-refractivity contribution in [1.82, 2.24) is 4.90 Å². The van der Waals surface area contributed by atoms with Crippen molar-refractivity contribution >= 4 is 63.2 Å². The van der Waals surface area contributed by atoms with E-state index in [1.165, 1.54) is 23.9 Å². The van der Waals surface area contributed by atoms with Crippen molar-refractivity contribution in [3.63, 3.8) is 0 Å². The first-order chi connectivity index (χ1) is 18.3. The van der Waals surface area contributed by atoms with E-state index in [0.717, 1.165) is 14.7 Å². The number of likely N-dealkylation sites (N-methyl/N-ethyl adjacent to an activating group) is 1. The molecule has 3 aromatic carbocycles. The molecule has 4 rings (SSSR count). The van der Waals surface area contributed by atoms with Crippen molar-refractivity contribution < 1.29 is 24.2 Å². The largest absolute Gasteiger partial charge is 0.493 e. The third kappa shape index (κ3) is 6.00. The summed E-state index contributed by atoms with van der Waals surface area (Å²) in [7, 11) is 1.55. The normalized spacial score (nSPS) is 15.1. The van der Waals surface area contributed by atoms with Crippen molar-refractivity contribution in [2.24, 2.45) is 4.99 Å². The van der Waals surface area contributed by atoms with Gasteiger partial charge in [0.25, 0.3) is 5.91 Å². The van der Waals surface area contributed by atoms with Gasteiger partial charge >= 0.3 is 5.97 Å². The molecule has 0 radical (unpaired) electrons. The molecule has 0 unspecified atom stereocenters. The van der Waals surface area contributed by atoms with Crippen LogP contribution in [0.4, 0.5) is 5.69 Å². The summed E-state index contributed by atoms with van der Waals surface area (Å²) in [4.78, 5) is 30.9. The minimum absolute atomic E-state index is 0.166. The Morgan fingerprint density at radius 2 is 1.95 bits per heavy atom. The summed E-state index contributed by atoms with van der Waals surface area (Å²) in [5.74, 6) is -0.117. The molecule has 0 bridgehead atoms. The maximum Gasteiger partial charge on any atom is 0.335 e. The topological polar surface area (TPSA) is 112 Å². The summed E-state index contributed by atoms with van der Waals surface area (Å²) >= 11 is 3.41. The van der Waals surface area contributed by atoms with Crippen LogP contribution in [0, 0.1) is 14.9 Å². The summed E-state index contributed by atoms with van der Waals surface area (Å²) < 4.78 is 12.4. The molecule has 38 heavy (non-hydrogen) atoms. The van der Waals surface area contributed by atoms with E-state index in [4.69, 9.17) is 14.6 Å². The number of amides is 1. The van der Waals surface area contributed by atoms with E-state index in [2.05, 4.69) is 33.7 Å². The molecule has 1 fully saturated rings. The zero-order valence-corrected chi connectivity index (χ0v) is 23.4. The molecule has 0 spiro atoms. The molecule has 1 amide bonds. The standard InChI is InChI=1S/C28H22IN3O5S/c1-3-32-26(33)24(38-28(32)31-21-10-8-18(9-11-21)27(34)35)14-17-12-22(29)25(23(13-17)36-2)37-16-20-7-5-4-6-19(20)15-30/h4-14H,3,16H2,1-2H3,(H,34,35)/b24-14-,31-28?. The van der Waals surface area contributed by atoms with Crippen LogP contribution in [-0.2, 0) is 11.4 Å². The number of nitrogens with zero attached hydrogens (tertiary/aromatic N) is 3. The number of hydrogen-bond donors (Lipinski definition) is 1. The van der Waals surface area contributed by atoms with Crippen LogP contribution < -0.4 is 9.47 Å². The number of carboxylic acids is 1. The molecule has 1 aliphatic rings. The molecular weight excluding hydrogens is 617 g/mol. The minimum atomic E-state index is -1.01. The van der Waals surface area contributed by atoms with Crippen molar-refractivity contribution in [2.45, 2.75) is 13.5 Å². The Morgan fingerprint density at radius 3 is 2.61 bits per heavy atom. The third-order valence-electron chi connectivity index (χ3n) is 5.60. The predicted octanol–water partition coefficient (Wildman–Crippen LogP) is 6.07. The smallest absolute Gasteiger partial charge is 0.335 e. The van der Waals surface area contributed by atoms with Crippen LogP contribution >= 0.6 is 34.4 Å². The van der Waals surface area contributed by atoms with Gasteiger partial charge in [0, 0.05) is 12.1 Å². The highest BCUT2D eigenvalue weighted by molar-refractivity contribution is 14.1. The first kappa shape index (κ1) is 27.2. The summed E-state index contributed by atoms with van der Waals surface area (Å²) in [5, 5.41) is 18.9. The summed E-state index contributed by atoms with van der Waals surface area (Å²) in [6.45, 7) is 2.52. The van der Waals surface area contributed by atoms with Gasteiger partial charge in [0.2, 0.25) is 0 Å². The number of carbonyl (C=O) groups is 2. The number of carboxylic acid groups (broad SMARTS) is 1. The van der Waals surface area contributed by atoms with Gasteiger partial charge in [0.05, 0.1) is 38.5 Å². The lowest BCUT2D eigenvalue weighted by Gasteiger charge is -2.14. The molecule has 1 heterocycles. The van der Waals surface area contributed by atoms with Gasteiger partial charge in [-0.05, 0) is 95.4 Å². The predicted molar refractivity (Wildman–Crippen MR) is 155 cm³/mol. The van der Waals surface area contributed by atoms with Crippen LogP contribution in [0.15, 0.2) is 70.6 Å². The van der Waals surface area contributed by atoms with Gasteiger partial charge in [-0.15, -0.1) is 0 Å². The molecule has 0 aliphatic carbocycles. The highest BCUT2D eigenvalue weighted by Gasteiger charge is 2.32. The molecule has 192 valence electrons. The number of carbonyl (C=O) groups excluding carboxylic acids is 1. The number of thioether (sulfide) groups is 1. The number of aromatic carboxylic acids is 1. The molecule has 3 aromatic rings. The third-order valence-corrected chi connectivity index (χ3v) is 7.41. The van der Waals surface area contributed by atoms with Crippen molar-refractivity contribution in [1.29, 1.82) is 5.26 Å². The van der Waals surface area contributed by atoms with E-state index in [1.54, 1.807) is 42.4 Å². The Morgan fingerprint density at radius 1 is 1.21 bits per heavy atom. The number of methoxy groups -OCH3 is 1. The monoisotopic (exact) mass is 639 g/mol. The molecule has 0 saturated carbocycles. The fraction of sp³-hybridized carbons (Fsp3) is 0.143. The number of halogens is 1. The Kier molecular flexibility index (Phi) is 8.70. The number of ether oxygens (including phenoxy) is 2. The Bertz CT molecular complexity index is 1500. The molecule has 0 aromatic heterocycles. The van der Waals surface area contributed by atoms with Crippen molar-refractivity contribution in [2.75, 3.05) is 13.7 Å². The zero-order valence-electron chi connectivity index (χ0n) is 20.5. The van der Waals surface area contributed by atoms with E-state index in [1.807, 2.05) is 31.2 Å².